The van der Waals surface area contributed by atoms with Crippen molar-refractivity contribution in [3.63, 3.8) is 0 Å². The minimum atomic E-state index is -1.15. The molecule has 26 heteroatoms. The van der Waals surface area contributed by atoms with Crippen molar-refractivity contribution in [1.82, 2.24) is 19.6 Å². The second-order valence-electron chi connectivity index (χ2n) is 18.8. The van der Waals surface area contributed by atoms with E-state index in [1.54, 1.807) is 13.0 Å². The van der Waals surface area contributed by atoms with Gasteiger partial charge in [-0.1, -0.05) is 11.6 Å². The minimum Gasteiger partial charge on any atom is -0.504 e. The second kappa shape index (κ2) is 24.3. The van der Waals surface area contributed by atoms with Crippen LogP contribution in [0.4, 0.5) is 21.0 Å². The third-order valence-corrected chi connectivity index (χ3v) is 13.8. The quantitative estimate of drug-likeness (QED) is 0.0227. The Balaban J connectivity index is 1.17. The molecule has 0 bridgehead atoms. The second-order valence-corrected chi connectivity index (χ2v) is 18.8. The van der Waals surface area contributed by atoms with E-state index in [9.17, 15) is 58.5 Å². The predicted octanol–water partition coefficient (Wildman–Crippen LogP) is 0.711. The smallest absolute Gasteiger partial charge is 0.410 e. The lowest BCUT2D eigenvalue weighted by Gasteiger charge is -2.32. The number of aromatic hydroxyl groups is 1. The minimum absolute atomic E-state index is 0.00424. The van der Waals surface area contributed by atoms with Crippen molar-refractivity contribution in [3.8, 4) is 11.5 Å². The molecule has 0 spiro atoms. The Morgan fingerprint density at radius 3 is 1.85 bits per heavy atom. The number of carbonyl (C=O) groups excluding carboxylic acids is 8. The summed E-state index contributed by atoms with van der Waals surface area (Å²) in [4.78, 5) is 137. The van der Waals surface area contributed by atoms with Gasteiger partial charge in [0.1, 0.15) is 51.8 Å². The van der Waals surface area contributed by atoms with Gasteiger partial charge in [-0.15, -0.1) is 0 Å². The molecule has 3 aliphatic rings. The number of ketones is 1. The van der Waals surface area contributed by atoms with E-state index >= 15 is 4.79 Å². The van der Waals surface area contributed by atoms with Gasteiger partial charge in [-0.2, -0.15) is 0 Å². The number of methoxy groups -OCH3 is 2. The lowest BCUT2D eigenvalue weighted by Crippen LogP contribution is -2.58. The lowest BCUT2D eigenvalue weighted by atomic mass is 9.79. The molecule has 1 aliphatic carbocycles. The van der Waals surface area contributed by atoms with E-state index in [-0.39, 0.29) is 135 Å². The normalized spacial score (nSPS) is 15.7. The summed E-state index contributed by atoms with van der Waals surface area (Å²) in [6.07, 6.45) is -0.269. The molecule has 7 amide bonds. The Kier molecular flexibility index (Phi) is 17.5. The van der Waals surface area contributed by atoms with Crippen LogP contribution in [0.1, 0.15) is 48.4 Å². The third-order valence-electron chi connectivity index (χ3n) is 13.8. The van der Waals surface area contributed by atoms with Gasteiger partial charge in [0, 0.05) is 66.4 Å². The molecule has 0 saturated carbocycles. The van der Waals surface area contributed by atoms with E-state index in [2.05, 4.69) is 10.6 Å². The molecule has 1 unspecified atom stereocenters. The van der Waals surface area contributed by atoms with E-state index in [0.717, 1.165) is 20.8 Å². The number of amides is 7. The Labute approximate surface area is 448 Å². The van der Waals surface area contributed by atoms with E-state index in [1.807, 2.05) is 0 Å². The van der Waals surface area contributed by atoms with Crippen molar-refractivity contribution < 1.29 is 87.2 Å². The highest BCUT2D eigenvalue weighted by Gasteiger charge is 2.40. The van der Waals surface area contributed by atoms with Crippen molar-refractivity contribution in [1.29, 1.82) is 0 Å². The van der Waals surface area contributed by atoms with E-state index < -0.39 is 129 Å². The molecule has 420 valence electrons. The number of anilines is 2. The first-order valence-corrected chi connectivity index (χ1v) is 25.1. The number of carbonyl (C=O) groups is 8. The molecule has 2 saturated heterocycles. The number of piperazine rings is 2. The van der Waals surface area contributed by atoms with Crippen LogP contribution in [0.5, 0.6) is 11.5 Å². The van der Waals surface area contributed by atoms with Crippen LogP contribution < -0.4 is 26.2 Å². The Bertz CT molecular complexity index is 3420. The average Bonchev–Trinajstić information content (AvgIpc) is 3.32. The largest absolute Gasteiger partial charge is 0.504 e. The summed E-state index contributed by atoms with van der Waals surface area (Å²) in [7, 11) is 2.75. The number of Topliss-reactive ketones (excluding diaryl/α,β-unsaturated/α-hetero) is 1. The summed E-state index contributed by atoms with van der Waals surface area (Å²) in [5.41, 5.74) is -0.504. The summed E-state index contributed by atoms with van der Waals surface area (Å²) in [5, 5.41) is 50.1. The number of rotatable bonds is 23. The fourth-order valence-corrected chi connectivity index (χ4v) is 10.5. The molecule has 2 heterocycles. The Hall–Kier alpha value is -8.14. The number of aliphatic hydroxyl groups excluding tert-OH is 3. The number of ether oxygens (including phenoxy) is 6. The van der Waals surface area contributed by atoms with Crippen molar-refractivity contribution in [2.45, 2.75) is 39.4 Å². The average molecular weight is 1100 g/mol. The molecule has 8 rings (SSSR count). The maximum atomic E-state index is 15.5. The van der Waals surface area contributed by atoms with Crippen LogP contribution in [-0.2, 0) is 65.7 Å². The summed E-state index contributed by atoms with van der Waals surface area (Å²) >= 11 is 0. The Morgan fingerprint density at radius 1 is 0.671 bits per heavy atom. The molecule has 2 aliphatic heterocycles. The van der Waals surface area contributed by atoms with Crippen molar-refractivity contribution in [3.05, 3.63) is 60.4 Å². The number of fused-ring (bicyclic) bond motifs is 1. The van der Waals surface area contributed by atoms with Crippen LogP contribution in [0.15, 0.2) is 27.3 Å². The topological polar surface area (TPSA) is 344 Å². The maximum absolute atomic E-state index is 15.5. The zero-order valence-electron chi connectivity index (χ0n) is 43.6. The van der Waals surface area contributed by atoms with E-state index in [1.165, 1.54) is 27.2 Å². The van der Waals surface area contributed by atoms with Gasteiger partial charge in [-0.05, 0) is 59.7 Å². The first-order valence-electron chi connectivity index (χ1n) is 25.1. The van der Waals surface area contributed by atoms with Crippen molar-refractivity contribution in [2.24, 2.45) is 0 Å². The summed E-state index contributed by atoms with van der Waals surface area (Å²) in [6.45, 7) is -2.31. The molecule has 0 radical (unpaired) electrons. The summed E-state index contributed by atoms with van der Waals surface area (Å²) < 4.78 is 32.2. The number of hydrogen-bond donors (Lipinski definition) is 6. The number of allylic oxidation sites excluding steroid dienone is 1. The number of phenols is 1. The van der Waals surface area contributed by atoms with Crippen LogP contribution in [0.2, 0.25) is 0 Å². The molecule has 6 N–H and O–H groups in total. The number of aliphatic hydroxyl groups is 3. The number of nitrogens with one attached hydrogen (secondary N) is 2. The predicted molar refractivity (Wildman–Crippen MR) is 280 cm³/mol. The number of phenolic OH excluding ortho intramolecular Hbond substituents is 1. The number of imide groups is 4. The molecule has 26 nitrogen and oxygen atoms in total. The van der Waals surface area contributed by atoms with Gasteiger partial charge < -0.3 is 59.5 Å². The van der Waals surface area contributed by atoms with Crippen molar-refractivity contribution >= 4 is 108 Å². The highest BCUT2D eigenvalue weighted by atomic mass is 16.6. The SMILES string of the molecule is COCCOCCN1C(=O)CN(C(=O)OCCNc2c3c4c5c(c(OC)c(O)c6c(=O)cc(CO)c(c7c(CO)cc(NCCOC(=O)N8CC(=O)N(C(=O)COCCCO)C(=O)C8)c(c2=O)c74)c65)C(C(C)=O)C(C)=C3)CC1=O. The van der Waals surface area contributed by atoms with Crippen LogP contribution in [0, 0.1) is 0 Å². The number of benzene rings is 5. The molecular weight excluding hydrogens is 1040 g/mol. The van der Waals surface area contributed by atoms with Crippen LogP contribution >= 0.6 is 0 Å². The maximum Gasteiger partial charge on any atom is 0.410 e. The first-order chi connectivity index (χ1) is 37.9. The number of nitrogens with zero attached hydrogens (tertiary/aromatic N) is 4. The number of hydrogen-bond acceptors (Lipinski definition) is 22. The lowest BCUT2D eigenvalue weighted by molar-refractivity contribution is -0.160. The zero-order chi connectivity index (χ0) is 57.0. The van der Waals surface area contributed by atoms with Gasteiger partial charge in [0.15, 0.2) is 16.9 Å². The summed E-state index contributed by atoms with van der Waals surface area (Å²) in [6, 6.07) is 2.57. The standard InChI is InChI=1S/C53H58N6O20/c1-26-16-30-41-44-39(40-29(24-62)18-32(64)43-45(40)46(41)47(38(26)27(2)63)51(75-4)50(43)71)28(23-61)17-31(54-6-11-78-53(73)57-21-35(67)59(36(68)22-57)37(69)25-77-10-5-9-60)42(44)49(70)48(30)55-7-12-79-52(72)56-19-33(65)58(34(66)20-56)8-13-76-15-14-74-3/h16-18,38,54-55,60-62,71H,5-15,19-25H2,1-4H3. The van der Waals surface area contributed by atoms with E-state index in [0.29, 0.717) is 17.1 Å². The molecule has 0 aromatic heterocycles. The third kappa shape index (κ3) is 10.8. The van der Waals surface area contributed by atoms with Crippen LogP contribution in [-0.4, -0.2) is 200 Å². The highest BCUT2D eigenvalue weighted by Crippen LogP contribution is 2.56. The first kappa shape index (κ1) is 57.0. The summed E-state index contributed by atoms with van der Waals surface area (Å²) in [5.74, 6) is -6.62. The van der Waals surface area contributed by atoms with Gasteiger partial charge in [-0.25, -0.2) is 14.5 Å². The Morgan fingerprint density at radius 2 is 1.27 bits per heavy atom. The van der Waals surface area contributed by atoms with Gasteiger partial charge in [-0.3, -0.25) is 53.1 Å². The zero-order valence-corrected chi connectivity index (χ0v) is 43.6. The van der Waals surface area contributed by atoms with E-state index in [4.69, 9.17) is 33.5 Å². The fraction of sp³-hybridized carbons (Fsp3) is 0.434. The van der Waals surface area contributed by atoms with Crippen LogP contribution in [0.25, 0.3) is 49.2 Å². The van der Waals surface area contributed by atoms with Gasteiger partial charge in [0.2, 0.25) is 17.2 Å². The highest BCUT2D eigenvalue weighted by molar-refractivity contribution is 6.39. The molecule has 2 fully saturated rings. The molecular formula is C53H58N6O20. The molecule has 1 atom stereocenters. The van der Waals surface area contributed by atoms with Gasteiger partial charge >= 0.3 is 12.2 Å². The van der Waals surface area contributed by atoms with Crippen LogP contribution in [0.3, 0.4) is 0 Å². The molecule has 79 heavy (non-hydrogen) atoms. The molecule has 5 aromatic rings. The van der Waals surface area contributed by atoms with Crippen molar-refractivity contribution in [2.75, 3.05) is 124 Å². The van der Waals surface area contributed by atoms with Gasteiger partial charge in [0.05, 0.1) is 69.1 Å². The van der Waals surface area contributed by atoms with Gasteiger partial charge in [0.25, 0.3) is 17.7 Å². The fourth-order valence-electron chi connectivity index (χ4n) is 10.5. The molecule has 5 aromatic carbocycles. The monoisotopic (exact) mass is 1100 g/mol.